The van der Waals surface area contributed by atoms with Crippen molar-refractivity contribution in [2.24, 2.45) is 5.73 Å². The third-order valence-electron chi connectivity index (χ3n) is 19.4. The van der Waals surface area contributed by atoms with Crippen molar-refractivity contribution in [2.45, 2.75) is 157 Å². The average Bonchev–Trinajstić information content (AvgIpc) is 1.61. The molecule has 4 atom stereocenters. The fourth-order valence-corrected chi connectivity index (χ4v) is 12.2. The predicted molar refractivity (Wildman–Crippen MR) is 508 cm³/mol. The standard InChI is InChI=1S/C30H31ClN4O2.C16H16N2O2.C15H14N2O3.C14H18ClN3.C9H10ClNO.C8H8ClNO.C7H6ClNO2/c1-20(22-13-16-28(32-19-22)33-29(37)21-9-6-5-7-10-21)26(36)15-14-25-18-27(30(2,3)4)34-35(25)24-12-8-11-23(31)17-24;1-11(12(2)19)14-8-9-15(17-10-14)18-16(20)13-6-4-3-5-7-13;1-10(15(19)20)12-7-8-13(16-9-12)17-14(18)11-5-3-2-4-6-11;1-14(2,3)13-8-12(9-16)18(17-13)11-6-4-5-10(15)7-11;1-6(7(2)12)8-3-4-9(10)11-5-8;1-6(11)4-7-2-3-8(9)10-5-7;8-6-2-1-5(4-9-6)3-7(10)11/h5-13,16-20H,14-15H2,1-4H3,(H,32,33,37);3-11H,1-2H3,(H,17,18,20);2-10H,1H3,(H,19,20)(H,16,17,18);4-8H,9,16H2,1-3H3;3-6H,1-2H3;2-3,5H,4H2,1H3;1-2,4H,3H2,(H,10,11). The zero-order chi connectivity index (χ0) is 94.7. The largest absolute Gasteiger partial charge is 0.481 e. The Bertz CT molecular complexity index is 5690. The highest BCUT2D eigenvalue weighted by atomic mass is 35.5. The van der Waals surface area contributed by atoms with Gasteiger partial charge in [-0.25, -0.2) is 39.3 Å². The number of pyridine rings is 6. The molecule has 0 aliphatic rings. The Morgan fingerprint density at radius 2 is 0.729 bits per heavy atom. The maximum absolute atomic E-state index is 13.1. The molecule has 30 heteroatoms. The monoisotopic (exact) mass is 1840 g/mol. The third-order valence-corrected chi connectivity index (χ3v) is 20.6. The number of aliphatic carboxylic acids is 2. The molecule has 0 spiro atoms. The van der Waals surface area contributed by atoms with Crippen LogP contribution in [0.4, 0.5) is 17.5 Å². The molecule has 0 bridgehead atoms. The van der Waals surface area contributed by atoms with Crippen LogP contribution in [0.25, 0.3) is 11.4 Å². The van der Waals surface area contributed by atoms with Crippen LogP contribution in [0.3, 0.4) is 0 Å². The van der Waals surface area contributed by atoms with Gasteiger partial charge >= 0.3 is 11.9 Å². The number of amides is 3. The van der Waals surface area contributed by atoms with E-state index in [9.17, 15) is 43.2 Å². The van der Waals surface area contributed by atoms with Crippen LogP contribution >= 0.6 is 58.0 Å². The van der Waals surface area contributed by atoms with E-state index in [2.05, 4.69) is 105 Å². The number of nitrogens with two attached hydrogens (primary N) is 1. The highest BCUT2D eigenvalue weighted by Crippen LogP contribution is 2.30. The minimum absolute atomic E-state index is 0.00768. The molecule has 0 saturated carbocycles. The molecule has 13 rings (SSSR count). The zero-order valence-electron chi connectivity index (χ0n) is 73.7. The molecule has 3 amide bonds. The van der Waals surface area contributed by atoms with Crippen molar-refractivity contribution < 1.29 is 53.4 Å². The van der Waals surface area contributed by atoms with Crippen LogP contribution in [-0.4, -0.2) is 112 Å². The molecule has 0 radical (unpaired) electrons. The number of Topliss-reactive ketones (excluding diaryl/α,β-unsaturated/α-hetero) is 4. The predicted octanol–water partition coefficient (Wildman–Crippen LogP) is 21.3. The Hall–Kier alpha value is -13.1. The summed E-state index contributed by atoms with van der Waals surface area (Å²) in [6.45, 7) is 25.1. The number of benzene rings is 5. The first-order valence-electron chi connectivity index (χ1n) is 40.8. The number of ketones is 4. The number of rotatable bonds is 24. The molecular formula is C99H103Cl5N14O11. The Morgan fingerprint density at radius 3 is 1.04 bits per heavy atom. The van der Waals surface area contributed by atoms with Crippen molar-refractivity contribution in [3.05, 3.63) is 360 Å². The lowest BCUT2D eigenvalue weighted by Gasteiger charge is -2.14. The SMILES string of the molecule is CC(=O)C(C)c1ccc(Cl)nc1.CC(=O)C(C)c1ccc(NC(=O)c2ccccc2)nc1.CC(=O)Cc1ccc(Cl)nc1.CC(C(=O)CCc1cc(C(C)(C)C)nn1-c1cccc(Cl)c1)c1ccc(NC(=O)c2ccccc2)nc1.CC(C(=O)O)c1ccc(NC(=O)c2ccccc2)nc1.CC(C)(C)c1cc(CN)n(-c2cccc(Cl)c2)n1.O=C(O)Cc1ccc(Cl)nc1. The van der Waals surface area contributed by atoms with E-state index in [0.29, 0.717) is 96.6 Å². The van der Waals surface area contributed by atoms with Gasteiger partial charge in [0, 0.05) is 118 Å². The minimum Gasteiger partial charge on any atom is -0.481 e. The first kappa shape index (κ1) is 103. The van der Waals surface area contributed by atoms with Gasteiger partial charge in [0.1, 0.15) is 56.0 Å². The van der Waals surface area contributed by atoms with Crippen molar-refractivity contribution >= 4 is 128 Å². The van der Waals surface area contributed by atoms with Crippen LogP contribution in [0, 0.1) is 0 Å². The Labute approximate surface area is 775 Å². The number of hydrogen-bond acceptors (Lipinski definition) is 18. The van der Waals surface area contributed by atoms with E-state index in [1.807, 2.05) is 121 Å². The second-order valence-corrected chi connectivity index (χ2v) is 33.7. The molecular weight excluding hydrogens is 1740 g/mol. The van der Waals surface area contributed by atoms with Gasteiger partial charge in [-0.15, -0.1) is 0 Å². The van der Waals surface area contributed by atoms with Crippen LogP contribution < -0.4 is 21.7 Å². The van der Waals surface area contributed by atoms with Crippen LogP contribution in [0.1, 0.15) is 207 Å². The summed E-state index contributed by atoms with van der Waals surface area (Å²) >= 11 is 28.9. The van der Waals surface area contributed by atoms with E-state index < -0.39 is 17.9 Å². The maximum atomic E-state index is 13.1. The number of aromatic nitrogens is 10. The molecule has 13 aromatic rings. The molecule has 8 heterocycles. The lowest BCUT2D eigenvalue weighted by Crippen LogP contribution is -2.14. The number of nitrogens with one attached hydrogen (secondary N) is 3. The van der Waals surface area contributed by atoms with E-state index >= 15 is 0 Å². The van der Waals surface area contributed by atoms with Gasteiger partial charge in [-0.2, -0.15) is 10.2 Å². The van der Waals surface area contributed by atoms with E-state index in [1.54, 1.807) is 174 Å². The smallest absolute Gasteiger partial charge is 0.310 e. The quantitative estimate of drug-likeness (QED) is 0.0306. The van der Waals surface area contributed by atoms with Gasteiger partial charge in [0.15, 0.2) is 0 Å². The first-order chi connectivity index (χ1) is 61.2. The van der Waals surface area contributed by atoms with Gasteiger partial charge in [-0.1, -0.05) is 223 Å². The van der Waals surface area contributed by atoms with Crippen molar-refractivity contribution in [1.29, 1.82) is 0 Å². The summed E-state index contributed by atoms with van der Waals surface area (Å²) in [4.78, 5) is 127. The molecule has 0 saturated heterocycles. The van der Waals surface area contributed by atoms with Gasteiger partial charge in [0.05, 0.1) is 40.8 Å². The van der Waals surface area contributed by atoms with E-state index in [4.69, 9.17) is 79.1 Å². The maximum Gasteiger partial charge on any atom is 0.310 e. The molecule has 25 nitrogen and oxygen atoms in total. The van der Waals surface area contributed by atoms with Crippen molar-refractivity contribution in [2.75, 3.05) is 16.0 Å². The van der Waals surface area contributed by atoms with Crippen LogP contribution in [0.2, 0.25) is 25.5 Å². The van der Waals surface area contributed by atoms with Gasteiger partial charge < -0.3 is 31.9 Å². The number of aryl methyl sites for hydroxylation is 1. The van der Waals surface area contributed by atoms with Gasteiger partial charge in [-0.3, -0.25) is 43.2 Å². The average molecular weight is 1840 g/mol. The molecule has 8 aromatic heterocycles. The number of anilines is 3. The van der Waals surface area contributed by atoms with E-state index in [0.717, 1.165) is 56.4 Å². The summed E-state index contributed by atoms with van der Waals surface area (Å²) < 4.78 is 3.75. The molecule has 670 valence electrons. The van der Waals surface area contributed by atoms with E-state index in [1.165, 1.54) is 12.4 Å². The highest BCUT2D eigenvalue weighted by Gasteiger charge is 2.25. The fourth-order valence-electron chi connectivity index (χ4n) is 11.5. The van der Waals surface area contributed by atoms with Gasteiger partial charge in [-0.05, 0) is 189 Å². The summed E-state index contributed by atoms with van der Waals surface area (Å²) in [5, 5.41) is 37.5. The first-order valence-corrected chi connectivity index (χ1v) is 42.7. The second kappa shape index (κ2) is 50.4. The van der Waals surface area contributed by atoms with Crippen molar-refractivity contribution in [3.8, 4) is 11.4 Å². The molecule has 0 aliphatic heterocycles. The van der Waals surface area contributed by atoms with Crippen LogP contribution in [-0.2, 0) is 65.4 Å². The third kappa shape index (κ3) is 34.5. The number of carbonyl (C=O) groups is 9. The number of carboxylic acid groups (broad SMARTS) is 2. The number of nitrogens with zero attached hydrogens (tertiary/aromatic N) is 10. The Balaban J connectivity index is 0.000000216. The Morgan fingerprint density at radius 1 is 0.388 bits per heavy atom. The van der Waals surface area contributed by atoms with Crippen molar-refractivity contribution in [1.82, 2.24) is 49.5 Å². The Kier molecular flexibility index (Phi) is 40.2. The summed E-state index contributed by atoms with van der Waals surface area (Å²) in [6.07, 6.45) is 10.8. The summed E-state index contributed by atoms with van der Waals surface area (Å²) in [5.74, 6) is -1.90. The lowest BCUT2D eigenvalue weighted by atomic mass is 9.91. The lowest BCUT2D eigenvalue weighted by molar-refractivity contribution is -0.138. The topological polar surface area (TPSA) is 369 Å². The highest BCUT2D eigenvalue weighted by molar-refractivity contribution is 6.31. The molecule has 0 aliphatic carbocycles. The van der Waals surface area contributed by atoms with Gasteiger partial charge in [0.2, 0.25) is 0 Å². The molecule has 4 unspecified atom stereocenters. The normalized spacial score (nSPS) is 11.6. The number of hydrogen-bond donors (Lipinski definition) is 6. The fraction of sp³-hybridized carbons (Fsp3) is 0.242. The van der Waals surface area contributed by atoms with Crippen LogP contribution in [0.15, 0.2) is 262 Å². The summed E-state index contributed by atoms with van der Waals surface area (Å²) in [7, 11) is 0. The van der Waals surface area contributed by atoms with Crippen molar-refractivity contribution in [3.63, 3.8) is 0 Å². The minimum atomic E-state index is -0.909. The summed E-state index contributed by atoms with van der Waals surface area (Å²) in [5.41, 5.74) is 17.8. The van der Waals surface area contributed by atoms with Gasteiger partial charge in [0.25, 0.3) is 17.7 Å². The summed E-state index contributed by atoms with van der Waals surface area (Å²) in [6, 6.07) is 66.5. The van der Waals surface area contributed by atoms with E-state index in [-0.39, 0.29) is 75.9 Å². The molecule has 7 N–H and O–H groups in total. The zero-order valence-corrected chi connectivity index (χ0v) is 77.5. The van der Waals surface area contributed by atoms with Crippen LogP contribution in [0.5, 0.6) is 0 Å². The molecule has 5 aromatic carbocycles. The number of carboxylic acids is 2. The second-order valence-electron chi connectivity index (χ2n) is 31.7. The molecule has 0 fully saturated rings. The number of carbonyl (C=O) groups excluding carboxylic acids is 7. The molecule has 129 heavy (non-hydrogen) atoms. The number of halogens is 5.